The highest BCUT2D eigenvalue weighted by Crippen LogP contribution is 2.61. The lowest BCUT2D eigenvalue weighted by atomic mass is 9.90. The molecule has 0 amide bonds. The van der Waals surface area contributed by atoms with Gasteiger partial charge in [-0.15, -0.1) is 0 Å². The van der Waals surface area contributed by atoms with E-state index in [1.807, 2.05) is 0 Å². The maximum absolute atomic E-state index is 13.3. The van der Waals surface area contributed by atoms with Gasteiger partial charge in [-0.2, -0.15) is 65.9 Å². The fourth-order valence-corrected chi connectivity index (χ4v) is 1.60. The van der Waals surface area contributed by atoms with Crippen LogP contribution in [-0.2, 0) is 0 Å². The summed E-state index contributed by atoms with van der Waals surface area (Å²) >= 11 is 0. The van der Waals surface area contributed by atoms with Gasteiger partial charge in [0.25, 0.3) is 0 Å². The molecule has 0 aromatic heterocycles. The van der Waals surface area contributed by atoms with Gasteiger partial charge in [-0.25, -0.2) is 9.29 Å². The fraction of sp³-hybridized carbons (Fsp3) is 1.00. The Labute approximate surface area is 145 Å². The molecule has 0 radical (unpaired) electrons. The summed E-state index contributed by atoms with van der Waals surface area (Å²) in [4.78, 5) is -1.14. The van der Waals surface area contributed by atoms with E-state index in [1.54, 1.807) is 0 Å². The van der Waals surface area contributed by atoms with Crippen molar-refractivity contribution in [3.05, 3.63) is 0 Å². The Bertz CT molecular complexity index is 547. The van der Waals surface area contributed by atoms with Gasteiger partial charge >= 0.3 is 41.8 Å². The van der Waals surface area contributed by atoms with E-state index in [9.17, 15) is 70.2 Å². The second-order valence-electron chi connectivity index (χ2n) is 5.64. The molecule has 0 aliphatic carbocycles. The predicted molar refractivity (Wildman–Crippen MR) is 58.9 cm³/mol. The van der Waals surface area contributed by atoms with E-state index >= 15 is 0 Å². The van der Waals surface area contributed by atoms with E-state index in [2.05, 4.69) is 0 Å². The minimum Gasteiger partial charge on any atom is -0.245 e. The average molecular weight is 459 g/mol. The van der Waals surface area contributed by atoms with E-state index in [0.717, 1.165) is 0 Å². The topological polar surface area (TPSA) is 3.24 Å². The summed E-state index contributed by atoms with van der Waals surface area (Å²) in [7, 11) is -0.203. The molecule has 0 fully saturated rings. The minimum atomic E-state index is -8.12. The van der Waals surface area contributed by atoms with Crippen molar-refractivity contribution >= 4 is 0 Å². The number of hydrogen-bond donors (Lipinski definition) is 0. The van der Waals surface area contributed by atoms with E-state index < -0.39 is 59.3 Å². The molecule has 0 aromatic carbocycles. The van der Waals surface area contributed by atoms with Crippen LogP contribution in [0.1, 0.15) is 6.42 Å². The SMILES string of the molecule is CN(C)C(F)(F)C(F)(F)C(F)(F)C(F)(F)C(F)(F)C(F)(F)C(F)CC(F)(F)F. The van der Waals surface area contributed by atoms with Crippen molar-refractivity contribution in [1.29, 1.82) is 0 Å². The van der Waals surface area contributed by atoms with Gasteiger partial charge in [0, 0.05) is 0 Å². The molecule has 1 unspecified atom stereocenters. The van der Waals surface area contributed by atoms with Crippen molar-refractivity contribution in [1.82, 2.24) is 4.90 Å². The smallest absolute Gasteiger partial charge is 0.245 e. The Kier molecular flexibility index (Phi) is 6.68. The van der Waals surface area contributed by atoms with Gasteiger partial charge in [0.1, 0.15) is 0 Å². The standard InChI is InChI=1S/C11H9F16N/c1-28(2)11(26,27)10(24,25)9(22,23)8(20,21)7(18,19)6(16,17)4(12)3-5(13,14)15/h4H,3H2,1-2H3. The molecule has 0 saturated heterocycles. The number of nitrogens with zero attached hydrogens (tertiary/aromatic N) is 1. The highest BCUT2D eigenvalue weighted by Gasteiger charge is 2.91. The number of alkyl halides is 16. The molecule has 0 bridgehead atoms. The molecule has 0 heterocycles. The normalized spacial score (nSPS) is 17.2. The minimum absolute atomic E-state index is 0.101. The zero-order chi connectivity index (χ0) is 23.4. The van der Waals surface area contributed by atoms with Crippen LogP contribution in [-0.4, -0.2) is 67.0 Å². The first-order valence-corrected chi connectivity index (χ1v) is 6.47. The molecular weight excluding hydrogens is 450 g/mol. The van der Waals surface area contributed by atoms with Crippen LogP contribution in [0, 0.1) is 0 Å². The fourth-order valence-electron chi connectivity index (χ4n) is 1.60. The van der Waals surface area contributed by atoms with Crippen molar-refractivity contribution < 1.29 is 70.2 Å². The van der Waals surface area contributed by atoms with Gasteiger partial charge < -0.3 is 0 Å². The van der Waals surface area contributed by atoms with Gasteiger partial charge in [-0.05, 0) is 14.1 Å². The van der Waals surface area contributed by atoms with E-state index in [1.165, 1.54) is 0 Å². The van der Waals surface area contributed by atoms with Crippen LogP contribution >= 0.6 is 0 Å². The summed E-state index contributed by atoms with van der Waals surface area (Å²) in [6.45, 7) is 0. The molecule has 170 valence electrons. The number of halogens is 16. The highest BCUT2D eigenvalue weighted by molar-refractivity contribution is 5.12. The molecular formula is C11H9F16N. The van der Waals surface area contributed by atoms with Crippen LogP contribution in [0.5, 0.6) is 0 Å². The monoisotopic (exact) mass is 459 g/mol. The third-order valence-electron chi connectivity index (χ3n) is 3.35. The summed E-state index contributed by atoms with van der Waals surface area (Å²) < 4.78 is 207. The van der Waals surface area contributed by atoms with E-state index in [4.69, 9.17) is 0 Å². The molecule has 0 rings (SSSR count). The van der Waals surface area contributed by atoms with Crippen molar-refractivity contribution in [2.45, 2.75) is 54.4 Å². The summed E-state index contributed by atoms with van der Waals surface area (Å²) in [5.74, 6) is -38.8. The van der Waals surface area contributed by atoms with Gasteiger partial charge in [-0.3, -0.25) is 0 Å². The lowest BCUT2D eigenvalue weighted by Crippen LogP contribution is -2.73. The van der Waals surface area contributed by atoms with Crippen LogP contribution < -0.4 is 0 Å². The van der Waals surface area contributed by atoms with Crippen molar-refractivity contribution in [2.75, 3.05) is 14.1 Å². The largest absolute Gasteiger partial charge is 0.392 e. The molecule has 0 aromatic rings. The number of rotatable bonds is 8. The Hall–Kier alpha value is -1.16. The van der Waals surface area contributed by atoms with Crippen LogP contribution in [0.3, 0.4) is 0 Å². The summed E-state index contributed by atoms with van der Waals surface area (Å²) in [5, 5.41) is 0. The van der Waals surface area contributed by atoms with Gasteiger partial charge in [0.05, 0.1) is 6.42 Å². The Morgan fingerprint density at radius 3 is 1.18 bits per heavy atom. The van der Waals surface area contributed by atoms with Gasteiger partial charge in [0.2, 0.25) is 0 Å². The lowest BCUT2D eigenvalue weighted by molar-refractivity contribution is -0.441. The molecule has 28 heavy (non-hydrogen) atoms. The van der Waals surface area contributed by atoms with Crippen molar-refractivity contribution in [2.24, 2.45) is 0 Å². The van der Waals surface area contributed by atoms with Crippen molar-refractivity contribution in [3.8, 4) is 0 Å². The van der Waals surface area contributed by atoms with Gasteiger partial charge in [-0.1, -0.05) is 0 Å². The first kappa shape index (κ1) is 26.8. The average Bonchev–Trinajstić information content (AvgIpc) is 2.43. The molecule has 0 N–H and O–H groups in total. The molecule has 0 aliphatic rings. The van der Waals surface area contributed by atoms with E-state index in [-0.39, 0.29) is 14.1 Å². The van der Waals surface area contributed by atoms with Crippen LogP contribution in [0.25, 0.3) is 0 Å². The second-order valence-corrected chi connectivity index (χ2v) is 5.64. The Morgan fingerprint density at radius 2 is 0.893 bits per heavy atom. The molecule has 0 spiro atoms. The van der Waals surface area contributed by atoms with Crippen molar-refractivity contribution in [3.63, 3.8) is 0 Å². The van der Waals surface area contributed by atoms with Gasteiger partial charge in [0.15, 0.2) is 6.17 Å². The zero-order valence-corrected chi connectivity index (χ0v) is 13.3. The molecule has 0 saturated carbocycles. The maximum atomic E-state index is 13.3. The lowest BCUT2D eigenvalue weighted by Gasteiger charge is -2.42. The third-order valence-corrected chi connectivity index (χ3v) is 3.35. The molecule has 0 aliphatic heterocycles. The predicted octanol–water partition coefficient (Wildman–Crippen LogP) is 5.61. The summed E-state index contributed by atoms with van der Waals surface area (Å²) in [6, 6.07) is -6.33. The van der Waals surface area contributed by atoms with E-state index in [0.29, 0.717) is 0 Å². The van der Waals surface area contributed by atoms with Crippen LogP contribution in [0.4, 0.5) is 70.2 Å². The van der Waals surface area contributed by atoms with Crippen LogP contribution in [0.2, 0.25) is 0 Å². The third kappa shape index (κ3) is 3.81. The molecule has 17 heteroatoms. The first-order chi connectivity index (χ1) is 11.8. The summed E-state index contributed by atoms with van der Waals surface area (Å²) in [6.07, 6.45) is -14.9. The molecule has 1 nitrogen and oxygen atoms in total. The highest BCUT2D eigenvalue weighted by atomic mass is 19.4. The quantitative estimate of drug-likeness (QED) is 0.337. The maximum Gasteiger partial charge on any atom is 0.392 e. The summed E-state index contributed by atoms with van der Waals surface area (Å²) in [5.41, 5.74) is 0. The number of hydrogen-bond acceptors (Lipinski definition) is 1. The Balaban J connectivity index is 6.39. The second kappa shape index (κ2) is 6.97. The Morgan fingerprint density at radius 1 is 0.571 bits per heavy atom. The first-order valence-electron chi connectivity index (χ1n) is 6.47. The van der Waals surface area contributed by atoms with Crippen LogP contribution in [0.15, 0.2) is 0 Å². The molecule has 1 atom stereocenters. The zero-order valence-electron chi connectivity index (χ0n) is 13.3.